The molecule has 0 aromatic heterocycles. The third-order valence-corrected chi connectivity index (χ3v) is 5.77. The minimum absolute atomic E-state index is 0.0752. The van der Waals surface area contributed by atoms with Crippen molar-refractivity contribution >= 4 is 29.5 Å². The van der Waals surface area contributed by atoms with Crippen molar-refractivity contribution in [1.29, 1.82) is 0 Å². The zero-order chi connectivity index (χ0) is 16.6. The maximum atomic E-state index is 12.0. The van der Waals surface area contributed by atoms with E-state index in [0.717, 1.165) is 37.9 Å². The van der Waals surface area contributed by atoms with Crippen molar-refractivity contribution in [2.45, 2.75) is 25.7 Å². The largest absolute Gasteiger partial charge is 0.371 e. The lowest BCUT2D eigenvalue weighted by Crippen LogP contribution is -2.35. The van der Waals surface area contributed by atoms with E-state index in [0.29, 0.717) is 28.3 Å². The molecule has 4 nitrogen and oxygen atoms in total. The number of aldehydes is 1. The van der Waals surface area contributed by atoms with E-state index in [2.05, 4.69) is 4.90 Å². The van der Waals surface area contributed by atoms with Crippen LogP contribution in [0.25, 0.3) is 0 Å². The highest BCUT2D eigenvalue weighted by Gasteiger charge is 2.54. The Bertz CT molecular complexity index is 621. The maximum absolute atomic E-state index is 12.0. The van der Waals surface area contributed by atoms with Gasteiger partial charge in [-0.05, 0) is 48.8 Å². The van der Waals surface area contributed by atoms with Crippen LogP contribution in [0.1, 0.15) is 36.0 Å². The summed E-state index contributed by atoms with van der Waals surface area (Å²) in [7, 11) is 3.45. The minimum Gasteiger partial charge on any atom is -0.371 e. The molecule has 1 aromatic rings. The summed E-state index contributed by atoms with van der Waals surface area (Å²) in [6.45, 7) is 1.99. The smallest absolute Gasteiger partial charge is 0.254 e. The molecule has 1 aliphatic carbocycles. The number of carbonyl (C=O) groups is 2. The van der Waals surface area contributed by atoms with E-state index in [-0.39, 0.29) is 5.91 Å². The van der Waals surface area contributed by atoms with Crippen LogP contribution < -0.4 is 4.90 Å². The highest BCUT2D eigenvalue weighted by molar-refractivity contribution is 6.34. The summed E-state index contributed by atoms with van der Waals surface area (Å²) >= 11 is 6.31. The number of benzene rings is 1. The molecule has 1 saturated heterocycles. The summed E-state index contributed by atoms with van der Waals surface area (Å²) in [4.78, 5) is 26.6. The van der Waals surface area contributed by atoms with Gasteiger partial charge in [0.1, 0.15) is 6.29 Å². The first kappa shape index (κ1) is 16.3. The Morgan fingerprint density at radius 1 is 1.39 bits per heavy atom. The van der Waals surface area contributed by atoms with E-state index in [9.17, 15) is 9.59 Å². The second-order valence-electron chi connectivity index (χ2n) is 7.02. The molecule has 1 unspecified atom stereocenters. The van der Waals surface area contributed by atoms with Gasteiger partial charge in [0.15, 0.2) is 0 Å². The maximum Gasteiger partial charge on any atom is 0.254 e. The molecule has 1 atom stereocenters. The molecule has 1 saturated carbocycles. The van der Waals surface area contributed by atoms with Gasteiger partial charge in [-0.3, -0.25) is 4.79 Å². The lowest BCUT2D eigenvalue weighted by Gasteiger charge is -2.34. The molecule has 1 heterocycles. The lowest BCUT2D eigenvalue weighted by atomic mass is 9.90. The zero-order valence-electron chi connectivity index (χ0n) is 13.7. The van der Waals surface area contributed by atoms with Crippen LogP contribution in [0.15, 0.2) is 18.2 Å². The second kappa shape index (κ2) is 6.16. The van der Waals surface area contributed by atoms with Gasteiger partial charge in [0.05, 0.1) is 10.6 Å². The molecular weight excluding hydrogens is 312 g/mol. The number of hydrogen-bond acceptors (Lipinski definition) is 3. The topological polar surface area (TPSA) is 40.6 Å². The number of amides is 1. The molecule has 0 bridgehead atoms. The van der Waals surface area contributed by atoms with Crippen molar-refractivity contribution in [2.24, 2.45) is 11.3 Å². The van der Waals surface area contributed by atoms with Crippen LogP contribution in [-0.2, 0) is 4.79 Å². The summed E-state index contributed by atoms with van der Waals surface area (Å²) in [5.41, 5.74) is 2.04. The van der Waals surface area contributed by atoms with Gasteiger partial charge in [-0.2, -0.15) is 0 Å². The van der Waals surface area contributed by atoms with Crippen molar-refractivity contribution in [3.8, 4) is 0 Å². The van der Waals surface area contributed by atoms with Crippen molar-refractivity contribution in [1.82, 2.24) is 4.90 Å². The number of rotatable bonds is 4. The predicted molar refractivity (Wildman–Crippen MR) is 92.1 cm³/mol. The molecule has 1 amide bonds. The van der Waals surface area contributed by atoms with Crippen molar-refractivity contribution in [2.75, 3.05) is 32.1 Å². The van der Waals surface area contributed by atoms with Crippen molar-refractivity contribution in [3.63, 3.8) is 0 Å². The second-order valence-corrected chi connectivity index (χ2v) is 7.42. The summed E-state index contributed by atoms with van der Waals surface area (Å²) in [5.74, 6) is 0.527. The number of nitrogens with zero attached hydrogens (tertiary/aromatic N) is 2. The Morgan fingerprint density at radius 3 is 2.65 bits per heavy atom. The Balaban J connectivity index is 1.66. The Kier molecular flexibility index (Phi) is 4.37. The highest BCUT2D eigenvalue weighted by Crippen LogP contribution is 2.60. The fraction of sp³-hybridized carbons (Fsp3) is 0.556. The molecule has 1 aromatic carbocycles. The Labute approximate surface area is 142 Å². The van der Waals surface area contributed by atoms with Gasteiger partial charge in [0, 0.05) is 39.3 Å². The van der Waals surface area contributed by atoms with Crippen molar-refractivity contribution < 1.29 is 9.59 Å². The zero-order valence-corrected chi connectivity index (χ0v) is 14.5. The van der Waals surface area contributed by atoms with Gasteiger partial charge in [-0.1, -0.05) is 11.6 Å². The van der Waals surface area contributed by atoms with Crippen LogP contribution >= 0.6 is 11.6 Å². The van der Waals surface area contributed by atoms with E-state index in [1.54, 1.807) is 14.1 Å². The average molecular weight is 335 g/mol. The first-order valence-corrected chi connectivity index (χ1v) is 8.54. The first-order valence-electron chi connectivity index (χ1n) is 8.17. The average Bonchev–Trinajstić information content (AvgIpc) is 3.19. The van der Waals surface area contributed by atoms with E-state index in [4.69, 9.17) is 11.6 Å². The van der Waals surface area contributed by atoms with Gasteiger partial charge in [0.25, 0.3) is 5.91 Å². The molecule has 0 radical (unpaired) electrons. The molecule has 23 heavy (non-hydrogen) atoms. The molecule has 0 N–H and O–H groups in total. The minimum atomic E-state index is -0.0752. The van der Waals surface area contributed by atoms with Crippen LogP contribution in [0, 0.1) is 11.3 Å². The molecule has 124 valence electrons. The molecule has 5 heteroatoms. The van der Waals surface area contributed by atoms with Gasteiger partial charge < -0.3 is 14.6 Å². The van der Waals surface area contributed by atoms with Crippen LogP contribution in [0.4, 0.5) is 5.69 Å². The SMILES string of the molecule is CN(C)C(=O)c1ccc(N2CCC3(CC2)CC3CC=O)cc1Cl. The third-order valence-electron chi connectivity index (χ3n) is 5.45. The van der Waals surface area contributed by atoms with E-state index < -0.39 is 0 Å². The molecule has 2 aliphatic rings. The van der Waals surface area contributed by atoms with Gasteiger partial charge in [-0.15, -0.1) is 0 Å². The van der Waals surface area contributed by atoms with Crippen LogP contribution in [0.5, 0.6) is 0 Å². The number of piperidine rings is 1. The fourth-order valence-electron chi connectivity index (χ4n) is 3.82. The van der Waals surface area contributed by atoms with Gasteiger partial charge in [-0.25, -0.2) is 0 Å². The molecule has 3 rings (SSSR count). The first-order chi connectivity index (χ1) is 11.0. The molecular formula is C18H23ClN2O2. The standard InChI is InChI=1S/C18H23ClN2O2/c1-20(2)17(23)15-4-3-14(11-16(15)19)21-8-6-18(7-9-21)12-13(18)5-10-22/h3-4,10-11,13H,5-9,12H2,1-2H3. The van der Waals surface area contributed by atoms with Crippen LogP contribution in [0.3, 0.4) is 0 Å². The summed E-state index contributed by atoms with van der Waals surface area (Å²) in [6.07, 6.45) is 5.26. The van der Waals surface area contributed by atoms with E-state index >= 15 is 0 Å². The normalized spacial score (nSPS) is 22.0. The molecule has 1 aliphatic heterocycles. The summed E-state index contributed by atoms with van der Waals surface area (Å²) < 4.78 is 0. The highest BCUT2D eigenvalue weighted by atomic mass is 35.5. The van der Waals surface area contributed by atoms with E-state index in [1.807, 2.05) is 18.2 Å². The Hall–Kier alpha value is -1.55. The quantitative estimate of drug-likeness (QED) is 0.794. The van der Waals surface area contributed by atoms with Crippen LogP contribution in [0.2, 0.25) is 5.02 Å². The molecule has 1 spiro atoms. The monoisotopic (exact) mass is 334 g/mol. The van der Waals surface area contributed by atoms with Gasteiger partial charge >= 0.3 is 0 Å². The Morgan fingerprint density at radius 2 is 2.09 bits per heavy atom. The summed E-state index contributed by atoms with van der Waals surface area (Å²) in [6, 6.07) is 5.69. The number of carbonyl (C=O) groups excluding carboxylic acids is 2. The predicted octanol–water partition coefficient (Wildman–Crippen LogP) is 3.24. The third kappa shape index (κ3) is 3.09. The lowest BCUT2D eigenvalue weighted by molar-refractivity contribution is -0.108. The van der Waals surface area contributed by atoms with Gasteiger partial charge in [0.2, 0.25) is 0 Å². The number of halogens is 1. The van der Waals surface area contributed by atoms with Crippen LogP contribution in [-0.4, -0.2) is 44.3 Å². The summed E-state index contributed by atoms with van der Waals surface area (Å²) in [5, 5.41) is 0.506. The van der Waals surface area contributed by atoms with Crippen molar-refractivity contribution in [3.05, 3.63) is 28.8 Å². The van der Waals surface area contributed by atoms with E-state index in [1.165, 1.54) is 11.3 Å². The fourth-order valence-corrected chi connectivity index (χ4v) is 4.07. The number of hydrogen-bond donors (Lipinski definition) is 0. The molecule has 2 fully saturated rings. The number of anilines is 1.